The molecule has 0 spiro atoms. The van der Waals surface area contributed by atoms with E-state index >= 15 is 0 Å². The van der Waals surface area contributed by atoms with E-state index in [1.54, 1.807) is 36.4 Å². The van der Waals surface area contributed by atoms with Crippen LogP contribution in [0, 0.1) is 18.3 Å². The van der Waals surface area contributed by atoms with Crippen LogP contribution in [0.15, 0.2) is 81.9 Å². The maximum Gasteiger partial charge on any atom is 0.265 e. The lowest BCUT2D eigenvalue weighted by Gasteiger charge is -2.18. The minimum absolute atomic E-state index is 0.117. The highest BCUT2D eigenvalue weighted by Crippen LogP contribution is 2.42. The molecule has 0 saturated carbocycles. The highest BCUT2D eigenvalue weighted by Gasteiger charge is 2.40. The van der Waals surface area contributed by atoms with E-state index in [0.717, 1.165) is 11.1 Å². The number of nitrogens with one attached hydrogen (secondary N) is 1. The zero-order valence-corrected chi connectivity index (χ0v) is 19.3. The molecule has 2 heterocycles. The number of aryl methyl sites for hydroxylation is 1. The molecule has 0 bridgehead atoms. The van der Waals surface area contributed by atoms with Gasteiger partial charge in [-0.15, -0.1) is 0 Å². The fourth-order valence-corrected chi connectivity index (χ4v) is 4.96. The summed E-state index contributed by atoms with van der Waals surface area (Å²) in [5.41, 5.74) is 2.35. The van der Waals surface area contributed by atoms with E-state index in [-0.39, 0.29) is 18.0 Å². The number of nitriles is 1. The third-order valence-corrected chi connectivity index (χ3v) is 6.85. The maximum absolute atomic E-state index is 13.4. The van der Waals surface area contributed by atoms with Crippen molar-refractivity contribution in [1.82, 2.24) is 5.32 Å². The van der Waals surface area contributed by atoms with Gasteiger partial charge in [0.25, 0.3) is 5.91 Å². The Hall–Kier alpha value is -3.47. The van der Waals surface area contributed by atoms with Crippen LogP contribution in [0.5, 0.6) is 0 Å². The minimum Gasteiger partial charge on any atom is -0.467 e. The summed E-state index contributed by atoms with van der Waals surface area (Å²) in [4.78, 5) is 27.8. The van der Waals surface area contributed by atoms with E-state index in [2.05, 4.69) is 5.32 Å². The Bertz CT molecular complexity index is 1250. The molecular formula is C25H20ClN3O3S. The first kappa shape index (κ1) is 22.7. The number of hydrogen-bond acceptors (Lipinski definition) is 5. The molecule has 0 radical (unpaired) electrons. The monoisotopic (exact) mass is 477 g/mol. The molecule has 1 aliphatic rings. The van der Waals surface area contributed by atoms with Gasteiger partial charge in [-0.1, -0.05) is 53.7 Å². The quantitative estimate of drug-likeness (QED) is 0.399. The summed E-state index contributed by atoms with van der Waals surface area (Å²) in [7, 11) is 0. The van der Waals surface area contributed by atoms with Gasteiger partial charge in [0, 0.05) is 10.7 Å². The van der Waals surface area contributed by atoms with Gasteiger partial charge >= 0.3 is 0 Å². The van der Waals surface area contributed by atoms with E-state index in [4.69, 9.17) is 16.0 Å². The molecule has 1 aliphatic heterocycles. The van der Waals surface area contributed by atoms with Gasteiger partial charge < -0.3 is 9.73 Å². The van der Waals surface area contributed by atoms with Crippen LogP contribution in [0.25, 0.3) is 0 Å². The van der Waals surface area contributed by atoms with Crippen molar-refractivity contribution in [3.8, 4) is 6.07 Å². The number of rotatable bonds is 6. The lowest BCUT2D eigenvalue weighted by Crippen LogP contribution is -2.32. The molecule has 0 aliphatic carbocycles. The number of anilines is 1. The zero-order chi connectivity index (χ0) is 23.4. The third-order valence-electron chi connectivity index (χ3n) is 5.18. The van der Waals surface area contributed by atoms with Crippen molar-refractivity contribution in [3.63, 3.8) is 0 Å². The van der Waals surface area contributed by atoms with Gasteiger partial charge in [0.1, 0.15) is 22.4 Å². The molecule has 4 rings (SSSR count). The normalized spacial score (nSPS) is 17.1. The van der Waals surface area contributed by atoms with Crippen molar-refractivity contribution in [1.29, 1.82) is 5.26 Å². The van der Waals surface area contributed by atoms with E-state index in [1.165, 1.54) is 22.9 Å². The van der Waals surface area contributed by atoms with Gasteiger partial charge in [-0.2, -0.15) is 5.26 Å². The fourth-order valence-electron chi connectivity index (χ4n) is 3.45. The highest BCUT2D eigenvalue weighted by molar-refractivity contribution is 8.05. The highest BCUT2D eigenvalue weighted by atomic mass is 35.5. The third kappa shape index (κ3) is 4.98. The lowest BCUT2D eigenvalue weighted by atomic mass is 10.1. The van der Waals surface area contributed by atoms with Crippen LogP contribution in [0.2, 0.25) is 5.02 Å². The first-order valence-electron chi connectivity index (χ1n) is 10.2. The second-order valence-electron chi connectivity index (χ2n) is 7.46. The first-order chi connectivity index (χ1) is 16.0. The predicted molar refractivity (Wildman–Crippen MR) is 128 cm³/mol. The maximum atomic E-state index is 13.4. The minimum atomic E-state index is -0.566. The number of furan rings is 1. The SMILES string of the molecule is Cc1ccc(C[C@@H]2S/C(=C(/C#N)C(=O)NCc3ccco3)N(c3ccccc3)C2=O)cc1Cl. The lowest BCUT2D eigenvalue weighted by molar-refractivity contribution is -0.117. The van der Waals surface area contributed by atoms with Crippen molar-refractivity contribution >= 4 is 40.9 Å². The van der Waals surface area contributed by atoms with E-state index in [1.807, 2.05) is 37.3 Å². The number of amides is 2. The number of benzene rings is 2. The largest absolute Gasteiger partial charge is 0.467 e. The number of thioether (sulfide) groups is 1. The molecule has 1 fully saturated rings. The van der Waals surface area contributed by atoms with E-state index in [0.29, 0.717) is 27.9 Å². The van der Waals surface area contributed by atoms with Crippen LogP contribution >= 0.6 is 23.4 Å². The summed E-state index contributed by atoms with van der Waals surface area (Å²) >= 11 is 7.48. The Labute approximate surface area is 200 Å². The van der Waals surface area contributed by atoms with E-state index < -0.39 is 11.2 Å². The number of halogens is 1. The standard InChI is InChI=1S/C25H20ClN3O3S/c1-16-9-10-17(12-21(16)26)13-22-24(31)29(18-6-3-2-4-7-18)25(33-22)20(14-27)23(30)28-15-19-8-5-11-32-19/h2-12,22H,13,15H2,1H3,(H,28,30)/b25-20-/t22-/m0/s1. The van der Waals surface area contributed by atoms with Gasteiger partial charge in [0.2, 0.25) is 5.91 Å². The van der Waals surface area contributed by atoms with Gasteiger partial charge in [0.15, 0.2) is 0 Å². The van der Waals surface area contributed by atoms with Crippen molar-refractivity contribution < 1.29 is 14.0 Å². The van der Waals surface area contributed by atoms with Gasteiger partial charge in [-0.25, -0.2) is 0 Å². The molecule has 8 heteroatoms. The second kappa shape index (κ2) is 9.99. The molecule has 1 aromatic heterocycles. The van der Waals surface area contributed by atoms with Crippen LogP contribution in [0.1, 0.15) is 16.9 Å². The molecule has 3 aromatic rings. The Kier molecular flexibility index (Phi) is 6.87. The van der Waals surface area contributed by atoms with Crippen LogP contribution in [-0.4, -0.2) is 17.1 Å². The molecule has 6 nitrogen and oxygen atoms in total. The summed E-state index contributed by atoms with van der Waals surface area (Å²) in [5.74, 6) is -0.191. The second-order valence-corrected chi connectivity index (χ2v) is 9.06. The Morgan fingerprint density at radius 3 is 2.67 bits per heavy atom. The fraction of sp³-hybridized carbons (Fsp3) is 0.160. The van der Waals surface area contributed by atoms with Gasteiger partial charge in [0.05, 0.1) is 18.1 Å². The van der Waals surface area contributed by atoms with Crippen LogP contribution < -0.4 is 10.2 Å². The number of nitrogens with zero attached hydrogens (tertiary/aromatic N) is 2. The van der Waals surface area contributed by atoms with Crippen LogP contribution in [-0.2, 0) is 22.6 Å². The number of carbonyl (C=O) groups is 2. The number of hydrogen-bond donors (Lipinski definition) is 1. The van der Waals surface area contributed by atoms with Crippen LogP contribution in [0.3, 0.4) is 0 Å². The first-order valence-corrected chi connectivity index (χ1v) is 11.5. The van der Waals surface area contributed by atoms with Gasteiger partial charge in [-0.3, -0.25) is 14.5 Å². The molecule has 2 amide bonds. The summed E-state index contributed by atoms with van der Waals surface area (Å²) in [6.07, 6.45) is 1.93. The number of carbonyl (C=O) groups excluding carboxylic acids is 2. The number of para-hydroxylation sites is 1. The van der Waals surface area contributed by atoms with Crippen molar-refractivity contribution in [2.75, 3.05) is 4.90 Å². The van der Waals surface area contributed by atoms with Crippen molar-refractivity contribution in [2.24, 2.45) is 0 Å². The van der Waals surface area contributed by atoms with E-state index in [9.17, 15) is 14.9 Å². The molecular weight excluding hydrogens is 458 g/mol. The summed E-state index contributed by atoms with van der Waals surface area (Å²) < 4.78 is 5.24. The Balaban J connectivity index is 1.66. The Morgan fingerprint density at radius 2 is 2.00 bits per heavy atom. The average molecular weight is 478 g/mol. The Morgan fingerprint density at radius 1 is 1.21 bits per heavy atom. The molecule has 2 aromatic carbocycles. The van der Waals surface area contributed by atoms with Crippen molar-refractivity contribution in [2.45, 2.75) is 25.1 Å². The summed E-state index contributed by atoms with van der Waals surface area (Å²) in [5, 5.41) is 13.0. The predicted octanol–water partition coefficient (Wildman–Crippen LogP) is 4.98. The summed E-state index contributed by atoms with van der Waals surface area (Å²) in [6.45, 7) is 2.06. The van der Waals surface area contributed by atoms with Crippen LogP contribution in [0.4, 0.5) is 5.69 Å². The zero-order valence-electron chi connectivity index (χ0n) is 17.7. The molecule has 33 heavy (non-hydrogen) atoms. The molecule has 1 saturated heterocycles. The summed E-state index contributed by atoms with van der Waals surface area (Å²) in [6, 6.07) is 20.1. The molecule has 1 N–H and O–H groups in total. The average Bonchev–Trinajstić information content (AvgIpc) is 3.44. The van der Waals surface area contributed by atoms with Gasteiger partial charge in [-0.05, 0) is 54.8 Å². The topological polar surface area (TPSA) is 86.3 Å². The molecule has 166 valence electrons. The molecule has 1 atom stereocenters. The van der Waals surface area contributed by atoms with Crippen molar-refractivity contribution in [3.05, 3.63) is 99.4 Å². The smallest absolute Gasteiger partial charge is 0.265 e. The molecule has 0 unspecified atom stereocenters.